The maximum atomic E-state index is 12.9. The summed E-state index contributed by atoms with van der Waals surface area (Å²) < 4.78 is 38.8. The summed E-state index contributed by atoms with van der Waals surface area (Å²) in [6.07, 6.45) is -3.66. The molecule has 0 aliphatic carbocycles. The van der Waals surface area contributed by atoms with Crippen LogP contribution in [0.3, 0.4) is 0 Å². The first-order chi connectivity index (χ1) is 11.3. The predicted octanol–water partition coefficient (Wildman–Crippen LogP) is 4.40. The molecule has 1 aliphatic heterocycles. The number of carbonyl (C=O) groups is 1. The fraction of sp³-hybridized carbons (Fsp3) is 0.375. The van der Waals surface area contributed by atoms with Crippen LogP contribution in [0.5, 0.6) is 0 Å². The van der Waals surface area contributed by atoms with E-state index in [0.717, 1.165) is 18.6 Å². The fourth-order valence-corrected chi connectivity index (χ4v) is 3.57. The largest absolute Gasteiger partial charge is 0.676 e. The number of amides is 1. The summed E-state index contributed by atoms with van der Waals surface area (Å²) in [4.78, 5) is 18.9. The summed E-state index contributed by atoms with van der Waals surface area (Å²) in [6, 6.07) is 4.80. The first kappa shape index (κ1) is 16.9. The molecule has 0 spiro atoms. The number of rotatable bonds is 3. The van der Waals surface area contributed by atoms with E-state index in [9.17, 15) is 18.0 Å². The van der Waals surface area contributed by atoms with Crippen LogP contribution in [0.2, 0.25) is 0 Å². The van der Waals surface area contributed by atoms with Crippen molar-refractivity contribution in [2.45, 2.75) is 25.6 Å². The first-order valence-corrected chi connectivity index (χ1v) is 8.23. The Kier molecular flexibility index (Phi) is 4.35. The van der Waals surface area contributed by atoms with Crippen molar-refractivity contribution in [2.24, 2.45) is 0 Å². The number of likely N-dealkylation sites (tertiary alicyclic amines) is 1. The van der Waals surface area contributed by atoms with Gasteiger partial charge >= 0.3 is 6.18 Å². The molecule has 1 unspecified atom stereocenters. The number of carbonyl (C=O) groups excluding carboxylic acids is 1. The zero-order valence-corrected chi connectivity index (χ0v) is 13.7. The van der Waals surface area contributed by atoms with Gasteiger partial charge in [0.1, 0.15) is 5.69 Å². The van der Waals surface area contributed by atoms with Crippen LogP contribution in [0.1, 0.15) is 27.5 Å². The minimum atomic E-state index is -4.44. The maximum Gasteiger partial charge on any atom is 0.416 e. The molecular weight excluding hydrogens is 339 g/mol. The van der Waals surface area contributed by atoms with Crippen LogP contribution in [0.25, 0.3) is 16.2 Å². The van der Waals surface area contributed by atoms with Gasteiger partial charge in [-0.2, -0.15) is 13.2 Å². The van der Waals surface area contributed by atoms with Crippen LogP contribution in [0.4, 0.5) is 13.2 Å². The van der Waals surface area contributed by atoms with Gasteiger partial charge in [0.25, 0.3) is 5.91 Å². The summed E-state index contributed by atoms with van der Waals surface area (Å²) in [6.45, 7) is 2.39. The van der Waals surface area contributed by atoms with Gasteiger partial charge in [-0.3, -0.25) is 4.79 Å². The number of alkyl halides is 3. The van der Waals surface area contributed by atoms with Crippen LogP contribution >= 0.6 is 11.3 Å². The Balaban J connectivity index is 2.00. The van der Waals surface area contributed by atoms with E-state index >= 15 is 0 Å². The Hall–Kier alpha value is -1.93. The normalized spacial score (nSPS) is 17.7. The van der Waals surface area contributed by atoms with Gasteiger partial charge in [0.05, 0.1) is 15.4 Å². The number of nitrogens with zero attached hydrogens (tertiary/aromatic N) is 2. The van der Waals surface area contributed by atoms with Crippen molar-refractivity contribution in [2.75, 3.05) is 13.1 Å². The van der Waals surface area contributed by atoms with Crippen molar-refractivity contribution >= 4 is 17.2 Å². The van der Waals surface area contributed by atoms with Crippen LogP contribution in [-0.4, -0.2) is 34.9 Å². The number of benzene rings is 1. The third kappa shape index (κ3) is 3.03. The number of thiazole rings is 1. The molecule has 1 atom stereocenters. The smallest absolute Gasteiger partial charge is 0.416 e. The molecule has 8 heteroatoms. The highest BCUT2D eigenvalue weighted by Gasteiger charge is 2.34. The van der Waals surface area contributed by atoms with Crippen LogP contribution < -0.4 is 0 Å². The maximum absolute atomic E-state index is 12.9. The lowest BCUT2D eigenvalue weighted by Crippen LogP contribution is -2.52. The van der Waals surface area contributed by atoms with E-state index in [4.69, 9.17) is 5.73 Å². The van der Waals surface area contributed by atoms with Gasteiger partial charge in [0.2, 0.25) is 0 Å². The van der Waals surface area contributed by atoms with Crippen LogP contribution in [0.15, 0.2) is 24.3 Å². The van der Waals surface area contributed by atoms with E-state index in [1.54, 1.807) is 17.9 Å². The molecule has 0 radical (unpaired) electrons. The fourth-order valence-electron chi connectivity index (χ4n) is 2.66. The van der Waals surface area contributed by atoms with Crippen molar-refractivity contribution in [1.29, 1.82) is 0 Å². The number of halogens is 3. The molecule has 1 fully saturated rings. The molecule has 3 rings (SSSR count). The van der Waals surface area contributed by atoms with Gasteiger partial charge in [0.15, 0.2) is 0 Å². The SMILES string of the molecule is Cc1nc(C(=O)N2CCC2C[NH-])c(-c2cccc(C(F)(F)F)c2)s1. The van der Waals surface area contributed by atoms with Gasteiger partial charge in [-0.15, -0.1) is 17.9 Å². The van der Waals surface area contributed by atoms with Crippen LogP contribution in [-0.2, 0) is 6.18 Å². The molecule has 128 valence electrons. The molecule has 2 heterocycles. The van der Waals surface area contributed by atoms with E-state index < -0.39 is 11.7 Å². The highest BCUT2D eigenvalue weighted by atomic mass is 32.1. The lowest BCUT2D eigenvalue weighted by molar-refractivity contribution is -0.137. The highest BCUT2D eigenvalue weighted by molar-refractivity contribution is 7.15. The second kappa shape index (κ2) is 6.18. The molecule has 24 heavy (non-hydrogen) atoms. The van der Waals surface area contributed by atoms with Gasteiger partial charge < -0.3 is 10.6 Å². The Morgan fingerprint density at radius 3 is 2.79 bits per heavy atom. The average molecular weight is 354 g/mol. The number of nitrogens with one attached hydrogen (secondary N) is 1. The third-order valence-electron chi connectivity index (χ3n) is 4.03. The highest BCUT2D eigenvalue weighted by Crippen LogP contribution is 2.36. The van der Waals surface area contributed by atoms with Gasteiger partial charge in [-0.25, -0.2) is 4.98 Å². The van der Waals surface area contributed by atoms with Gasteiger partial charge in [0, 0.05) is 12.6 Å². The molecule has 0 bridgehead atoms. The Labute approximate surface area is 141 Å². The van der Waals surface area contributed by atoms with Crippen molar-refractivity contribution in [1.82, 2.24) is 9.88 Å². The van der Waals surface area contributed by atoms with E-state index in [2.05, 4.69) is 4.98 Å². The lowest BCUT2D eigenvalue weighted by Gasteiger charge is -2.42. The molecular formula is C16H15F3N3OS-. The Morgan fingerprint density at radius 1 is 1.46 bits per heavy atom. The molecule has 1 aromatic heterocycles. The van der Waals surface area contributed by atoms with Crippen molar-refractivity contribution < 1.29 is 18.0 Å². The molecule has 0 saturated carbocycles. The second-order valence-electron chi connectivity index (χ2n) is 5.63. The quantitative estimate of drug-likeness (QED) is 0.820. The number of hydrogen-bond acceptors (Lipinski definition) is 3. The second-order valence-corrected chi connectivity index (χ2v) is 6.84. The minimum Gasteiger partial charge on any atom is -0.676 e. The summed E-state index contributed by atoms with van der Waals surface area (Å²) in [5, 5.41) is 0.619. The summed E-state index contributed by atoms with van der Waals surface area (Å²) in [5.74, 6) is -0.310. The summed E-state index contributed by atoms with van der Waals surface area (Å²) >= 11 is 1.20. The standard InChI is InChI=1S/C16H15F3N3OS/c1-9-21-13(15(23)22-6-5-12(22)8-20)14(24-9)10-3-2-4-11(7-10)16(17,18)19/h2-4,7,12,20H,5-6,8H2,1H3/q-1. The third-order valence-corrected chi connectivity index (χ3v) is 5.05. The molecule has 2 aromatic rings. The van der Waals surface area contributed by atoms with E-state index in [1.165, 1.54) is 17.4 Å². The average Bonchev–Trinajstić information content (AvgIpc) is 2.88. The van der Waals surface area contributed by atoms with E-state index in [-0.39, 0.29) is 24.2 Å². The Morgan fingerprint density at radius 2 is 2.21 bits per heavy atom. The Bertz CT molecular complexity index is 770. The molecule has 1 aliphatic rings. The number of aromatic nitrogens is 1. The summed E-state index contributed by atoms with van der Waals surface area (Å²) in [5.41, 5.74) is 7.19. The van der Waals surface area contributed by atoms with Crippen molar-refractivity contribution in [3.63, 3.8) is 0 Å². The monoisotopic (exact) mass is 354 g/mol. The number of aryl methyl sites for hydroxylation is 1. The van der Waals surface area contributed by atoms with Gasteiger partial charge in [-0.05, 0) is 31.0 Å². The molecule has 1 amide bonds. The topological polar surface area (TPSA) is 57.0 Å². The minimum absolute atomic E-state index is 0.119. The van der Waals surface area contributed by atoms with Gasteiger partial charge in [-0.1, -0.05) is 12.1 Å². The van der Waals surface area contributed by atoms with Crippen molar-refractivity contribution in [3.05, 3.63) is 46.3 Å². The van der Waals surface area contributed by atoms with E-state index in [1.807, 2.05) is 0 Å². The van der Waals surface area contributed by atoms with Crippen LogP contribution in [0, 0.1) is 6.92 Å². The summed E-state index contributed by atoms with van der Waals surface area (Å²) in [7, 11) is 0. The van der Waals surface area contributed by atoms with E-state index in [0.29, 0.717) is 22.0 Å². The molecule has 1 saturated heterocycles. The molecule has 4 nitrogen and oxygen atoms in total. The molecule has 1 N–H and O–H groups in total. The molecule has 1 aromatic carbocycles. The number of hydrogen-bond donors (Lipinski definition) is 0. The predicted molar refractivity (Wildman–Crippen MR) is 85.9 cm³/mol. The first-order valence-electron chi connectivity index (χ1n) is 7.42. The zero-order chi connectivity index (χ0) is 17.5. The zero-order valence-electron chi connectivity index (χ0n) is 12.9. The van der Waals surface area contributed by atoms with Crippen molar-refractivity contribution in [3.8, 4) is 10.4 Å². The lowest BCUT2D eigenvalue weighted by atomic mass is 10.0.